The number of nitrogens with one attached hydrogen (secondary N) is 1. The highest BCUT2D eigenvalue weighted by Crippen LogP contribution is 2.25. The molecule has 25 heavy (non-hydrogen) atoms. The van der Waals surface area contributed by atoms with E-state index in [1.54, 1.807) is 18.3 Å². The number of aromatic amines is 1. The number of piperazine rings is 1. The first-order chi connectivity index (χ1) is 12.2. The van der Waals surface area contributed by atoms with Crippen molar-refractivity contribution in [2.24, 2.45) is 0 Å². The molecule has 2 aromatic heterocycles. The molecule has 0 saturated carbocycles. The van der Waals surface area contributed by atoms with E-state index in [-0.39, 0.29) is 5.56 Å². The summed E-state index contributed by atoms with van der Waals surface area (Å²) in [5.74, 6) is 0.421. The van der Waals surface area contributed by atoms with Gasteiger partial charge in [0, 0.05) is 26.2 Å². The number of anilines is 3. The molecule has 0 radical (unpaired) electrons. The van der Waals surface area contributed by atoms with Crippen molar-refractivity contribution >= 4 is 28.5 Å². The molecule has 0 unspecified atom stereocenters. The van der Waals surface area contributed by atoms with Gasteiger partial charge >= 0.3 is 0 Å². The number of aromatic nitrogens is 4. The average Bonchev–Trinajstić information content (AvgIpc) is 3.11. The highest BCUT2D eigenvalue weighted by molar-refractivity contribution is 5.85. The van der Waals surface area contributed by atoms with E-state index in [1.165, 1.54) is 6.07 Å². The van der Waals surface area contributed by atoms with E-state index in [2.05, 4.69) is 20.2 Å². The van der Waals surface area contributed by atoms with Crippen LogP contribution >= 0.6 is 0 Å². The highest BCUT2D eigenvalue weighted by atomic mass is 19.1. The Hall–Kier alpha value is -3.41. The average molecular weight is 338 g/mol. The van der Waals surface area contributed by atoms with Gasteiger partial charge in [-0.05, 0) is 12.1 Å². The maximum absolute atomic E-state index is 13.8. The van der Waals surface area contributed by atoms with Crippen LogP contribution in [0.5, 0.6) is 0 Å². The van der Waals surface area contributed by atoms with Gasteiger partial charge in [-0.25, -0.2) is 4.39 Å². The Morgan fingerprint density at radius 2 is 1.92 bits per heavy atom. The lowest BCUT2D eigenvalue weighted by Gasteiger charge is -2.36. The van der Waals surface area contributed by atoms with Crippen LogP contribution in [0, 0.1) is 17.1 Å². The predicted molar refractivity (Wildman–Crippen MR) is 91.6 cm³/mol. The van der Waals surface area contributed by atoms with Crippen LogP contribution in [0.2, 0.25) is 0 Å². The topological polar surface area (TPSA) is 111 Å². The second-order valence-corrected chi connectivity index (χ2v) is 5.76. The van der Waals surface area contributed by atoms with Gasteiger partial charge in [0.05, 0.1) is 17.3 Å². The quantitative estimate of drug-likeness (QED) is 0.724. The SMILES string of the molecule is N#Cc1c(F)cccc1N1CCN(c2nc(N)c3cn[nH]c3n2)CC1. The molecule has 8 nitrogen and oxygen atoms in total. The minimum absolute atomic E-state index is 0.0790. The summed E-state index contributed by atoms with van der Waals surface area (Å²) in [7, 11) is 0. The fourth-order valence-corrected chi connectivity index (χ4v) is 3.02. The third-order valence-electron chi connectivity index (χ3n) is 4.33. The summed E-state index contributed by atoms with van der Waals surface area (Å²) in [6.45, 7) is 2.53. The predicted octanol–water partition coefficient (Wildman–Crippen LogP) is 1.27. The summed E-state index contributed by atoms with van der Waals surface area (Å²) in [5.41, 5.74) is 7.25. The molecule has 3 heterocycles. The first-order valence-corrected chi connectivity index (χ1v) is 7.82. The van der Waals surface area contributed by atoms with E-state index in [9.17, 15) is 9.65 Å². The van der Waals surface area contributed by atoms with Gasteiger partial charge in [-0.2, -0.15) is 20.3 Å². The summed E-state index contributed by atoms with van der Waals surface area (Å²) < 4.78 is 13.8. The monoisotopic (exact) mass is 338 g/mol. The van der Waals surface area contributed by atoms with E-state index in [4.69, 9.17) is 5.73 Å². The third-order valence-corrected chi connectivity index (χ3v) is 4.33. The van der Waals surface area contributed by atoms with Gasteiger partial charge in [0.15, 0.2) is 5.65 Å². The van der Waals surface area contributed by atoms with E-state index in [1.807, 2.05) is 15.9 Å². The molecule has 3 N–H and O–H groups in total. The van der Waals surface area contributed by atoms with Crippen molar-refractivity contribution in [3.05, 3.63) is 35.8 Å². The maximum atomic E-state index is 13.8. The molecule has 1 aliphatic heterocycles. The summed E-state index contributed by atoms with van der Waals surface area (Å²) in [6, 6.07) is 6.63. The van der Waals surface area contributed by atoms with E-state index < -0.39 is 5.82 Å². The molecule has 0 aliphatic carbocycles. The van der Waals surface area contributed by atoms with Crippen LogP contribution in [0.3, 0.4) is 0 Å². The van der Waals surface area contributed by atoms with Crippen LogP contribution in [0.25, 0.3) is 11.0 Å². The second kappa shape index (κ2) is 5.90. The number of benzene rings is 1. The lowest BCUT2D eigenvalue weighted by Crippen LogP contribution is -2.47. The van der Waals surface area contributed by atoms with Crippen molar-refractivity contribution in [2.75, 3.05) is 41.7 Å². The largest absolute Gasteiger partial charge is 0.383 e. The molecule has 0 spiro atoms. The Kier molecular flexibility index (Phi) is 3.57. The number of fused-ring (bicyclic) bond motifs is 1. The molecule has 3 aromatic rings. The normalized spacial score (nSPS) is 14.7. The maximum Gasteiger partial charge on any atom is 0.229 e. The number of rotatable bonds is 2. The van der Waals surface area contributed by atoms with Crippen molar-refractivity contribution in [1.82, 2.24) is 20.2 Å². The highest BCUT2D eigenvalue weighted by Gasteiger charge is 2.23. The number of nitriles is 1. The number of nitrogens with zero attached hydrogens (tertiary/aromatic N) is 6. The number of halogens is 1. The third kappa shape index (κ3) is 2.57. The van der Waals surface area contributed by atoms with Crippen molar-refractivity contribution in [3.8, 4) is 6.07 Å². The minimum Gasteiger partial charge on any atom is -0.383 e. The Morgan fingerprint density at radius 1 is 1.16 bits per heavy atom. The van der Waals surface area contributed by atoms with Crippen LogP contribution < -0.4 is 15.5 Å². The Bertz CT molecular complexity index is 968. The van der Waals surface area contributed by atoms with Crippen molar-refractivity contribution in [3.63, 3.8) is 0 Å². The fourth-order valence-electron chi connectivity index (χ4n) is 3.02. The summed E-state index contributed by atoms with van der Waals surface area (Å²) in [4.78, 5) is 12.8. The van der Waals surface area contributed by atoms with Gasteiger partial charge in [-0.1, -0.05) is 6.07 Å². The van der Waals surface area contributed by atoms with Crippen LogP contribution in [0.15, 0.2) is 24.4 Å². The Morgan fingerprint density at radius 3 is 2.68 bits per heavy atom. The number of hydrogen-bond donors (Lipinski definition) is 2. The number of hydrogen-bond acceptors (Lipinski definition) is 7. The van der Waals surface area contributed by atoms with E-state index >= 15 is 0 Å². The molecule has 9 heteroatoms. The molecule has 0 amide bonds. The molecule has 1 saturated heterocycles. The first kappa shape index (κ1) is 15.1. The van der Waals surface area contributed by atoms with Crippen LogP contribution in [0.1, 0.15) is 5.56 Å². The van der Waals surface area contributed by atoms with E-state index in [0.717, 1.165) is 0 Å². The van der Waals surface area contributed by atoms with Crippen LogP contribution in [-0.2, 0) is 0 Å². The zero-order valence-corrected chi connectivity index (χ0v) is 13.3. The molecule has 0 bridgehead atoms. The zero-order valence-electron chi connectivity index (χ0n) is 13.3. The second-order valence-electron chi connectivity index (χ2n) is 5.76. The van der Waals surface area contributed by atoms with Crippen molar-refractivity contribution in [2.45, 2.75) is 0 Å². The summed E-state index contributed by atoms with van der Waals surface area (Å²) in [6.07, 6.45) is 1.60. The molecule has 1 fully saturated rings. The van der Waals surface area contributed by atoms with Gasteiger partial charge in [-0.15, -0.1) is 0 Å². The molecular formula is C16H15FN8. The fraction of sp³-hybridized carbons (Fsp3) is 0.250. The van der Waals surface area contributed by atoms with Crippen LogP contribution in [0.4, 0.5) is 21.8 Å². The van der Waals surface area contributed by atoms with Crippen molar-refractivity contribution < 1.29 is 4.39 Å². The molecule has 1 aliphatic rings. The summed E-state index contributed by atoms with van der Waals surface area (Å²) >= 11 is 0. The lowest BCUT2D eigenvalue weighted by atomic mass is 10.1. The van der Waals surface area contributed by atoms with Gasteiger partial charge in [0.2, 0.25) is 5.95 Å². The summed E-state index contributed by atoms with van der Waals surface area (Å²) in [5, 5.41) is 16.6. The first-order valence-electron chi connectivity index (χ1n) is 7.82. The standard InChI is InChI=1S/C16H15FN8/c17-12-2-1-3-13(10(12)8-18)24-4-6-25(7-5-24)16-21-14(19)11-9-20-23-15(11)22-16/h1-3,9H,4-7H2,(H3,19,20,21,22,23). The molecule has 1 aromatic carbocycles. The van der Waals surface area contributed by atoms with Crippen molar-refractivity contribution in [1.29, 1.82) is 5.26 Å². The van der Waals surface area contributed by atoms with Gasteiger partial charge in [-0.3, -0.25) is 5.10 Å². The number of nitrogens with two attached hydrogens (primary N) is 1. The molecule has 126 valence electrons. The van der Waals surface area contributed by atoms with Gasteiger partial charge < -0.3 is 15.5 Å². The van der Waals surface area contributed by atoms with Crippen LogP contribution in [-0.4, -0.2) is 46.3 Å². The number of nitrogen functional groups attached to an aromatic ring is 1. The smallest absolute Gasteiger partial charge is 0.229 e. The molecular weight excluding hydrogens is 323 g/mol. The molecule has 4 rings (SSSR count). The van der Waals surface area contributed by atoms with E-state index in [0.29, 0.717) is 54.7 Å². The minimum atomic E-state index is -0.497. The molecule has 0 atom stereocenters. The number of H-pyrrole nitrogens is 1. The Labute approximate surface area is 142 Å². The van der Waals surface area contributed by atoms with Gasteiger partial charge in [0.25, 0.3) is 0 Å². The Balaban J connectivity index is 1.55. The lowest BCUT2D eigenvalue weighted by molar-refractivity contribution is 0.614. The zero-order chi connectivity index (χ0) is 17.4. The van der Waals surface area contributed by atoms with Gasteiger partial charge in [0.1, 0.15) is 23.3 Å².